The minimum atomic E-state index is 0.181. The molecule has 0 aliphatic carbocycles. The summed E-state index contributed by atoms with van der Waals surface area (Å²) >= 11 is 1.55. The second-order valence-electron chi connectivity index (χ2n) is 8.09. The molecule has 1 saturated heterocycles. The van der Waals surface area contributed by atoms with Gasteiger partial charge in [0.25, 0.3) is 0 Å². The molecule has 1 aromatic heterocycles. The molecule has 5 nitrogen and oxygen atoms in total. The molecule has 1 aliphatic heterocycles. The fraction of sp³-hybridized carbons (Fsp3) is 0.360. The third kappa shape index (κ3) is 4.79. The van der Waals surface area contributed by atoms with Gasteiger partial charge in [-0.1, -0.05) is 11.8 Å². The number of methoxy groups -OCH3 is 1. The van der Waals surface area contributed by atoms with Crippen molar-refractivity contribution in [3.05, 3.63) is 59.2 Å². The molecule has 0 bridgehead atoms. The van der Waals surface area contributed by atoms with E-state index in [1.54, 1.807) is 18.9 Å². The third-order valence-corrected chi connectivity index (χ3v) is 7.05. The van der Waals surface area contributed by atoms with E-state index in [-0.39, 0.29) is 5.91 Å². The molecule has 4 rings (SSSR count). The summed E-state index contributed by atoms with van der Waals surface area (Å²) < 4.78 is 5.23. The molecular formula is C25H29N3O2S. The van der Waals surface area contributed by atoms with Crippen LogP contribution in [0.4, 0.5) is 5.69 Å². The highest BCUT2D eigenvalue weighted by Gasteiger charge is 2.22. The Labute approximate surface area is 188 Å². The quantitative estimate of drug-likeness (QED) is 0.548. The van der Waals surface area contributed by atoms with Crippen LogP contribution in [0.25, 0.3) is 10.9 Å². The first-order valence-corrected chi connectivity index (χ1v) is 11.6. The Hall–Kier alpha value is -2.73. The molecule has 2 aromatic carbocycles. The van der Waals surface area contributed by atoms with E-state index >= 15 is 0 Å². The molecule has 31 heavy (non-hydrogen) atoms. The second-order valence-corrected chi connectivity index (χ2v) is 9.06. The Bertz CT molecular complexity index is 1090. The predicted molar refractivity (Wildman–Crippen MR) is 128 cm³/mol. The zero-order valence-corrected chi connectivity index (χ0v) is 19.5. The fourth-order valence-corrected chi connectivity index (χ4v) is 4.80. The van der Waals surface area contributed by atoms with E-state index in [0.717, 1.165) is 53.4 Å². The van der Waals surface area contributed by atoms with Gasteiger partial charge in [-0.05, 0) is 79.9 Å². The number of aryl methyl sites for hydroxylation is 3. The lowest BCUT2D eigenvalue weighted by atomic mass is 10.1. The number of benzene rings is 2. The molecule has 0 spiro atoms. The van der Waals surface area contributed by atoms with Crippen LogP contribution in [-0.2, 0) is 4.79 Å². The van der Waals surface area contributed by atoms with Gasteiger partial charge in [-0.3, -0.25) is 4.79 Å². The number of nitrogens with zero attached hydrogens (tertiary/aromatic N) is 3. The largest absolute Gasteiger partial charge is 0.497 e. The zero-order chi connectivity index (χ0) is 22.0. The second kappa shape index (κ2) is 9.18. The van der Waals surface area contributed by atoms with Gasteiger partial charge in [-0.15, -0.1) is 0 Å². The topological polar surface area (TPSA) is 45.7 Å². The Morgan fingerprint density at radius 1 is 0.968 bits per heavy atom. The van der Waals surface area contributed by atoms with Crippen molar-refractivity contribution >= 4 is 34.3 Å². The van der Waals surface area contributed by atoms with Crippen molar-refractivity contribution in [2.24, 2.45) is 0 Å². The summed E-state index contributed by atoms with van der Waals surface area (Å²) in [6.07, 6.45) is 0. The van der Waals surface area contributed by atoms with Gasteiger partial charge >= 0.3 is 0 Å². The van der Waals surface area contributed by atoms with Gasteiger partial charge in [-0.25, -0.2) is 4.98 Å². The maximum atomic E-state index is 12.8. The smallest absolute Gasteiger partial charge is 0.233 e. The highest BCUT2D eigenvalue weighted by atomic mass is 32.2. The van der Waals surface area contributed by atoms with Crippen LogP contribution < -0.4 is 9.64 Å². The first-order chi connectivity index (χ1) is 14.9. The van der Waals surface area contributed by atoms with Gasteiger partial charge < -0.3 is 14.5 Å². The summed E-state index contributed by atoms with van der Waals surface area (Å²) in [5, 5.41) is 2.10. The molecule has 3 aromatic rings. The number of pyridine rings is 1. The Kier molecular flexibility index (Phi) is 6.37. The standard InChI is InChI=1S/C25H29N3O2S/c1-17-13-20-14-19(3)25(26-23(20)15-18(17)2)31-16-24(29)28-11-9-27(10-12-28)21-5-7-22(30-4)8-6-21/h5-8,13-15H,9-12,16H2,1-4H3. The molecule has 2 heterocycles. The van der Waals surface area contributed by atoms with Crippen molar-refractivity contribution in [1.82, 2.24) is 9.88 Å². The fourth-order valence-electron chi connectivity index (χ4n) is 3.90. The van der Waals surface area contributed by atoms with Gasteiger partial charge in [0.2, 0.25) is 5.91 Å². The van der Waals surface area contributed by atoms with Gasteiger partial charge in [-0.2, -0.15) is 0 Å². The normalized spacial score (nSPS) is 14.2. The van der Waals surface area contributed by atoms with Crippen molar-refractivity contribution in [3.8, 4) is 5.75 Å². The molecule has 6 heteroatoms. The number of carbonyl (C=O) groups is 1. The van der Waals surface area contributed by atoms with E-state index in [1.165, 1.54) is 16.8 Å². The van der Waals surface area contributed by atoms with Crippen LogP contribution in [0.15, 0.2) is 47.5 Å². The molecule has 1 fully saturated rings. The monoisotopic (exact) mass is 435 g/mol. The molecule has 0 atom stereocenters. The van der Waals surface area contributed by atoms with Gasteiger partial charge in [0.05, 0.1) is 18.4 Å². The minimum Gasteiger partial charge on any atom is -0.497 e. The van der Waals surface area contributed by atoms with Crippen LogP contribution in [-0.4, -0.2) is 54.8 Å². The number of thioether (sulfide) groups is 1. The minimum absolute atomic E-state index is 0.181. The van der Waals surface area contributed by atoms with Gasteiger partial charge in [0.15, 0.2) is 0 Å². The zero-order valence-electron chi connectivity index (χ0n) is 18.6. The lowest BCUT2D eigenvalue weighted by Crippen LogP contribution is -2.49. The summed E-state index contributed by atoms with van der Waals surface area (Å²) in [5.41, 5.74) is 5.81. The molecule has 0 unspecified atom stereocenters. The number of aromatic nitrogens is 1. The summed E-state index contributed by atoms with van der Waals surface area (Å²) in [7, 11) is 1.67. The average molecular weight is 436 g/mol. The highest BCUT2D eigenvalue weighted by molar-refractivity contribution is 7.99. The van der Waals surface area contributed by atoms with Crippen LogP contribution >= 0.6 is 11.8 Å². The maximum Gasteiger partial charge on any atom is 0.233 e. The summed E-state index contributed by atoms with van der Waals surface area (Å²) in [6, 6.07) is 14.6. The van der Waals surface area contributed by atoms with Crippen LogP contribution in [0.1, 0.15) is 16.7 Å². The van der Waals surface area contributed by atoms with Crippen molar-refractivity contribution in [2.45, 2.75) is 25.8 Å². The SMILES string of the molecule is COc1ccc(N2CCN(C(=O)CSc3nc4cc(C)c(C)cc4cc3C)CC2)cc1. The predicted octanol–water partition coefficient (Wildman–Crippen LogP) is 4.61. The molecule has 0 N–H and O–H groups in total. The molecule has 1 amide bonds. The molecular weight excluding hydrogens is 406 g/mol. The molecule has 0 radical (unpaired) electrons. The van der Waals surface area contributed by atoms with Crippen molar-refractivity contribution in [1.29, 1.82) is 0 Å². The first-order valence-electron chi connectivity index (χ1n) is 10.6. The number of carbonyl (C=O) groups excluding carboxylic acids is 1. The van der Waals surface area contributed by atoms with Crippen LogP contribution in [0.2, 0.25) is 0 Å². The highest BCUT2D eigenvalue weighted by Crippen LogP contribution is 2.27. The van der Waals surface area contributed by atoms with Crippen LogP contribution in [0.3, 0.4) is 0 Å². The number of amides is 1. The van der Waals surface area contributed by atoms with Crippen LogP contribution in [0.5, 0.6) is 5.75 Å². The van der Waals surface area contributed by atoms with E-state index < -0.39 is 0 Å². The van der Waals surface area contributed by atoms with E-state index in [0.29, 0.717) is 5.75 Å². The number of hydrogen-bond donors (Lipinski definition) is 0. The summed E-state index contributed by atoms with van der Waals surface area (Å²) in [4.78, 5) is 21.9. The van der Waals surface area contributed by atoms with Crippen molar-refractivity contribution in [3.63, 3.8) is 0 Å². The number of piperazine rings is 1. The first kappa shape index (κ1) is 21.5. The van der Waals surface area contributed by atoms with Gasteiger partial charge in [0.1, 0.15) is 10.8 Å². The Balaban J connectivity index is 1.35. The lowest BCUT2D eigenvalue weighted by Gasteiger charge is -2.36. The molecule has 1 aliphatic rings. The van der Waals surface area contributed by atoms with Crippen LogP contribution in [0, 0.1) is 20.8 Å². The lowest BCUT2D eigenvalue weighted by molar-refractivity contribution is -0.128. The van der Waals surface area contributed by atoms with Crippen molar-refractivity contribution in [2.75, 3.05) is 43.9 Å². The Morgan fingerprint density at radius 2 is 1.61 bits per heavy atom. The molecule has 162 valence electrons. The molecule has 0 saturated carbocycles. The van der Waals surface area contributed by atoms with E-state index in [1.807, 2.05) is 17.0 Å². The van der Waals surface area contributed by atoms with E-state index in [4.69, 9.17) is 9.72 Å². The Morgan fingerprint density at radius 3 is 2.29 bits per heavy atom. The summed E-state index contributed by atoms with van der Waals surface area (Å²) in [5.74, 6) is 1.46. The number of hydrogen-bond acceptors (Lipinski definition) is 5. The van der Waals surface area contributed by atoms with E-state index in [9.17, 15) is 4.79 Å². The number of rotatable bonds is 5. The average Bonchev–Trinajstić information content (AvgIpc) is 2.79. The van der Waals surface area contributed by atoms with E-state index in [2.05, 4.69) is 56.0 Å². The maximum absolute atomic E-state index is 12.8. The van der Waals surface area contributed by atoms with Gasteiger partial charge in [0, 0.05) is 37.3 Å². The number of ether oxygens (including phenoxy) is 1. The summed E-state index contributed by atoms with van der Waals surface area (Å²) in [6.45, 7) is 9.48. The third-order valence-electron chi connectivity index (χ3n) is 5.98. The van der Waals surface area contributed by atoms with Crippen molar-refractivity contribution < 1.29 is 9.53 Å². The number of anilines is 1. The number of fused-ring (bicyclic) bond motifs is 1.